The van der Waals surface area contributed by atoms with Crippen molar-refractivity contribution >= 4 is 108 Å². The summed E-state index contributed by atoms with van der Waals surface area (Å²) in [5.74, 6) is 3.92. The van der Waals surface area contributed by atoms with Crippen LogP contribution >= 0.6 is 46.4 Å². The first-order valence-electron chi connectivity index (χ1n) is 40.5. The number of ether oxygens (including phenoxy) is 2. The van der Waals surface area contributed by atoms with Crippen molar-refractivity contribution in [3.8, 4) is 46.2 Å². The molecule has 8 aromatic carbocycles. The number of fused-ring (bicyclic) bond motifs is 3. The second-order valence-corrected chi connectivity index (χ2v) is 38.5. The Balaban J connectivity index is 1.25. The van der Waals surface area contributed by atoms with Gasteiger partial charge in [-0.15, -0.1) is 0 Å². The van der Waals surface area contributed by atoms with Crippen molar-refractivity contribution < 1.29 is 9.47 Å². The standard InChI is InChI=1S/C99H109BCl4N8O2/c1-63(53-96(5,6)7)37-39-71(65(3)55-98(11,12)13)61-113-75-45-41-69(42-46-75)92-89-90(94(77(57-105)87-59-107-83-49-79(101)81(103)51-85(83)109-87)111(92)91(67-29-21-17-22-30-67)68-31-23-18-24-32-68)93(70-43-47-76(48-44-70)114-62-72(66(4)56-99(14,15)16)40-38-64(2)54-97(8,9)10)112(100(73-33-25-19-26-34-73)74-35-27-20-28-36-74)95(89)78(58-106)88-60-108-84-50-80(102)82(104)52-86(84)110-88/h17-36,41-52,59-60,63-66,71-72,91H,37-40,53-56,61-62H2,1-16H3/b94-77-,95-78-. The van der Waals surface area contributed by atoms with Gasteiger partial charge in [0.1, 0.15) is 46.2 Å². The molecule has 0 fully saturated rings. The van der Waals surface area contributed by atoms with Crippen molar-refractivity contribution in [2.75, 3.05) is 13.2 Å². The van der Waals surface area contributed by atoms with Gasteiger partial charge in [0.2, 0.25) is 0 Å². The Hall–Kier alpha value is -9.20. The summed E-state index contributed by atoms with van der Waals surface area (Å²) >= 11 is 27.3. The van der Waals surface area contributed by atoms with Crippen LogP contribution in [0.5, 0.6) is 11.5 Å². The SMILES string of the molecule is CC(CCC(COc1ccc(-c2c3/c(=C(\C#N)c4cnc5cc(Cl)c(Cl)cc5n4)n(C(c4ccccc4)c4ccccc4)c(-c4ccc(OCC(CCC(C)CC(C)(C)C)C(C)CC(C)(C)C)cc4)c3/c(=C(\C#N)c3cnc4cc(Cl)c(Cl)cc4n3)n2B(c2ccccc2)c2ccccc2)cc1)C(C)CC(C)(C)C)CC(C)(C)C. The minimum absolute atomic E-state index is 0.126. The summed E-state index contributed by atoms with van der Waals surface area (Å²) in [6.07, 6.45) is 12.0. The highest BCUT2D eigenvalue weighted by Crippen LogP contribution is 2.44. The fourth-order valence-electron chi connectivity index (χ4n) is 17.7. The highest BCUT2D eigenvalue weighted by atomic mass is 35.5. The van der Waals surface area contributed by atoms with E-state index < -0.39 is 12.9 Å². The number of rotatable bonds is 28. The monoisotopic (exact) mass is 1590 g/mol. The summed E-state index contributed by atoms with van der Waals surface area (Å²) in [5, 5.41) is 29.2. The van der Waals surface area contributed by atoms with E-state index in [1.165, 1.54) is 0 Å². The molecule has 0 saturated heterocycles. The van der Waals surface area contributed by atoms with Gasteiger partial charge in [0.15, 0.2) is 0 Å². The maximum absolute atomic E-state index is 12.8. The van der Waals surface area contributed by atoms with E-state index in [0.29, 0.717) is 114 Å². The van der Waals surface area contributed by atoms with Crippen LogP contribution in [0.2, 0.25) is 20.1 Å². The van der Waals surface area contributed by atoms with Crippen LogP contribution in [-0.4, -0.2) is 49.0 Å². The number of nitrogens with zero attached hydrogens (tertiary/aromatic N) is 8. The molecule has 10 nitrogen and oxygen atoms in total. The Labute approximate surface area is 696 Å². The van der Waals surface area contributed by atoms with Gasteiger partial charge in [-0.05, 0) is 191 Å². The topological polar surface area (TPSA) is 127 Å². The van der Waals surface area contributed by atoms with Gasteiger partial charge in [0.25, 0.3) is 0 Å². The van der Waals surface area contributed by atoms with Gasteiger partial charge >= 0.3 is 6.85 Å². The van der Waals surface area contributed by atoms with Crippen molar-refractivity contribution in [1.82, 2.24) is 29.0 Å². The summed E-state index contributed by atoms with van der Waals surface area (Å²) in [4.78, 5) is 20.9. The lowest BCUT2D eigenvalue weighted by atomic mass is 9.50. The van der Waals surface area contributed by atoms with Gasteiger partial charge < -0.3 is 18.5 Å². The van der Waals surface area contributed by atoms with Crippen molar-refractivity contribution in [3.63, 3.8) is 0 Å². The predicted octanol–water partition coefficient (Wildman–Crippen LogP) is 24.9. The molecule has 0 spiro atoms. The first-order valence-corrected chi connectivity index (χ1v) is 42.0. The van der Waals surface area contributed by atoms with Crippen molar-refractivity contribution in [2.45, 2.75) is 168 Å². The molecule has 12 aromatic rings. The molecule has 6 atom stereocenters. The maximum Gasteiger partial charge on any atom is 0.328 e. The van der Waals surface area contributed by atoms with Crippen LogP contribution in [0, 0.1) is 79.8 Å². The van der Waals surface area contributed by atoms with Crippen LogP contribution in [0.15, 0.2) is 207 Å². The van der Waals surface area contributed by atoms with Crippen LogP contribution in [0.25, 0.3) is 66.5 Å². The van der Waals surface area contributed by atoms with Gasteiger partial charge in [0.05, 0.1) is 90.2 Å². The Kier molecular flexibility index (Phi) is 26.5. The van der Waals surface area contributed by atoms with Crippen LogP contribution in [0.4, 0.5) is 0 Å². The second-order valence-electron chi connectivity index (χ2n) is 36.9. The summed E-state index contributed by atoms with van der Waals surface area (Å²) in [7, 11) is 0. The lowest BCUT2D eigenvalue weighted by molar-refractivity contribution is 0.147. The molecule has 6 unspecified atom stereocenters. The molecule has 4 aromatic heterocycles. The van der Waals surface area contributed by atoms with Crippen molar-refractivity contribution in [2.24, 2.45) is 57.2 Å². The third kappa shape index (κ3) is 20.4. The second kappa shape index (κ2) is 35.9. The fraction of sp³-hybridized carbons (Fsp3) is 0.374. The van der Waals surface area contributed by atoms with Crippen LogP contribution < -0.4 is 31.1 Å². The van der Waals surface area contributed by atoms with Crippen molar-refractivity contribution in [1.29, 1.82) is 10.5 Å². The van der Waals surface area contributed by atoms with E-state index in [4.69, 9.17) is 75.8 Å². The molecule has 588 valence electrons. The van der Waals surface area contributed by atoms with E-state index in [1.54, 1.807) is 36.7 Å². The van der Waals surface area contributed by atoms with Gasteiger partial charge in [-0.25, -0.2) is 9.97 Å². The van der Waals surface area contributed by atoms with Crippen LogP contribution in [-0.2, 0) is 0 Å². The maximum atomic E-state index is 12.8. The zero-order chi connectivity index (χ0) is 81.6. The fourth-order valence-corrected chi connectivity index (χ4v) is 18.3. The molecule has 0 aliphatic heterocycles. The first kappa shape index (κ1) is 84.2. The summed E-state index contributed by atoms with van der Waals surface area (Å²) < 4.78 is 18.9. The van der Waals surface area contributed by atoms with E-state index >= 15 is 0 Å². The molecule has 15 heteroatoms. The number of halogens is 4. The molecule has 0 bridgehead atoms. The average Bonchev–Trinajstić information content (AvgIpc) is 1.52. The normalized spacial score (nSPS) is 14.4. The van der Waals surface area contributed by atoms with E-state index in [-0.39, 0.29) is 54.2 Å². The van der Waals surface area contributed by atoms with E-state index in [1.807, 2.05) is 24.3 Å². The molecule has 114 heavy (non-hydrogen) atoms. The molecule has 0 aliphatic carbocycles. The van der Waals surface area contributed by atoms with E-state index in [9.17, 15) is 10.5 Å². The van der Waals surface area contributed by atoms with Gasteiger partial charge in [-0.1, -0.05) is 302 Å². The smallest absolute Gasteiger partial charge is 0.328 e. The highest BCUT2D eigenvalue weighted by Gasteiger charge is 2.38. The minimum Gasteiger partial charge on any atom is -0.493 e. The molecule has 0 radical (unpaired) electrons. The molecule has 0 saturated carbocycles. The molecule has 0 amide bonds. The van der Waals surface area contributed by atoms with E-state index in [0.717, 1.165) is 96.0 Å². The third-order valence-corrected chi connectivity index (χ3v) is 23.6. The summed E-state index contributed by atoms with van der Waals surface area (Å²) in [6, 6.07) is 70.3. The molecule has 0 N–H and O–H groups in total. The minimum atomic E-state index is -0.677. The van der Waals surface area contributed by atoms with Crippen LogP contribution in [0.3, 0.4) is 0 Å². The zero-order valence-corrected chi connectivity index (χ0v) is 72.2. The molecule has 12 rings (SSSR count). The first-order chi connectivity index (χ1) is 54.2. The lowest BCUT2D eigenvalue weighted by Gasteiger charge is -2.31. The predicted molar refractivity (Wildman–Crippen MR) is 478 cm³/mol. The van der Waals surface area contributed by atoms with Crippen LogP contribution in [0.1, 0.15) is 191 Å². The van der Waals surface area contributed by atoms with E-state index in [2.05, 4.69) is 278 Å². The molecule has 0 aliphatic rings. The number of benzene rings is 8. The molecule has 4 heterocycles. The summed E-state index contributed by atoms with van der Waals surface area (Å²) in [5.41, 5.74) is 10.1. The Morgan fingerprint density at radius 3 is 1.13 bits per heavy atom. The number of nitriles is 2. The van der Waals surface area contributed by atoms with Crippen molar-refractivity contribution in [3.05, 3.63) is 260 Å². The molecular weight excluding hydrogens is 1490 g/mol. The van der Waals surface area contributed by atoms with Gasteiger partial charge in [0, 0.05) is 16.5 Å². The van der Waals surface area contributed by atoms with Gasteiger partial charge in [-0.2, -0.15) is 10.5 Å². The summed E-state index contributed by atoms with van der Waals surface area (Å²) in [6.45, 7) is 38.0. The third-order valence-electron chi connectivity index (χ3n) is 22.2. The number of hydrogen-bond acceptors (Lipinski definition) is 8. The quantitative estimate of drug-likeness (QED) is 0.0444. The largest absolute Gasteiger partial charge is 0.493 e. The average molecular weight is 1600 g/mol. The highest BCUT2D eigenvalue weighted by molar-refractivity contribution is 6.84. The number of aromatic nitrogens is 6. The molecular formula is C99H109BCl4N8O2. The lowest BCUT2D eigenvalue weighted by Crippen LogP contribution is -2.53. The Morgan fingerprint density at radius 1 is 0.421 bits per heavy atom. The number of hydrogen-bond donors (Lipinski definition) is 0. The van der Waals surface area contributed by atoms with Gasteiger partial charge in [-0.3, -0.25) is 9.97 Å². The Bertz CT molecular complexity index is 5130. The zero-order valence-electron chi connectivity index (χ0n) is 69.2. The Morgan fingerprint density at radius 2 is 0.763 bits per heavy atom.